The van der Waals surface area contributed by atoms with Crippen LogP contribution >= 0.6 is 0 Å². The predicted octanol–water partition coefficient (Wildman–Crippen LogP) is 7.62. The van der Waals surface area contributed by atoms with Crippen molar-refractivity contribution in [3.05, 3.63) is 23.8 Å². The molecule has 4 N–H and O–H groups in total. The van der Waals surface area contributed by atoms with E-state index in [1.165, 1.54) is 57.8 Å². The van der Waals surface area contributed by atoms with Crippen molar-refractivity contribution in [2.24, 2.45) is 0 Å². The standard InChI is InChI=1S/C37H66O7/c1-3-4-5-6-7-8-9-10-11-12-13-17-23-33(40)35-25-26-36(44-35)34(41)24-19-18-21-31(38)20-15-14-16-22-32(39)28-30-27-29(2)43-37(30)42/h13,17,27,29,31-36,38-41H,3-12,14-16,18-26,28H2,1-2H3. The molecule has 0 bridgehead atoms. The molecule has 0 aromatic heterocycles. The summed E-state index contributed by atoms with van der Waals surface area (Å²) in [5.74, 6) is -0.316. The van der Waals surface area contributed by atoms with Crippen molar-refractivity contribution in [3.63, 3.8) is 0 Å². The summed E-state index contributed by atoms with van der Waals surface area (Å²) in [7, 11) is 0. The lowest BCUT2D eigenvalue weighted by Gasteiger charge is -2.21. The van der Waals surface area contributed by atoms with Crippen LogP contribution in [0.4, 0.5) is 0 Å². The molecule has 7 nitrogen and oxygen atoms in total. The Morgan fingerprint density at radius 2 is 1.27 bits per heavy atom. The van der Waals surface area contributed by atoms with E-state index < -0.39 is 18.3 Å². The molecule has 44 heavy (non-hydrogen) atoms. The maximum Gasteiger partial charge on any atom is 0.334 e. The zero-order valence-electron chi connectivity index (χ0n) is 28.1. The summed E-state index contributed by atoms with van der Waals surface area (Å²) in [6.07, 6.45) is 26.3. The molecule has 0 aromatic rings. The van der Waals surface area contributed by atoms with Crippen LogP contribution in [-0.2, 0) is 14.3 Å². The fraction of sp³-hybridized carbons (Fsp3) is 0.865. The zero-order valence-corrected chi connectivity index (χ0v) is 28.1. The zero-order chi connectivity index (χ0) is 32.0. The highest BCUT2D eigenvalue weighted by molar-refractivity contribution is 5.90. The third kappa shape index (κ3) is 17.4. The molecule has 0 spiro atoms. The number of ether oxygens (including phenoxy) is 2. The smallest absolute Gasteiger partial charge is 0.334 e. The molecular formula is C37H66O7. The fourth-order valence-electron chi connectivity index (χ4n) is 6.47. The van der Waals surface area contributed by atoms with Gasteiger partial charge in [-0.15, -0.1) is 0 Å². The number of rotatable bonds is 27. The van der Waals surface area contributed by atoms with Crippen molar-refractivity contribution < 1.29 is 34.7 Å². The van der Waals surface area contributed by atoms with E-state index in [1.807, 2.05) is 6.92 Å². The van der Waals surface area contributed by atoms with Gasteiger partial charge in [0.25, 0.3) is 0 Å². The Balaban J connectivity index is 1.42. The average Bonchev–Trinajstić information content (AvgIpc) is 3.61. The van der Waals surface area contributed by atoms with Crippen molar-refractivity contribution in [2.75, 3.05) is 0 Å². The average molecular weight is 623 g/mol. The van der Waals surface area contributed by atoms with E-state index in [9.17, 15) is 25.2 Å². The van der Waals surface area contributed by atoms with Gasteiger partial charge in [0, 0.05) is 12.0 Å². The number of aliphatic hydroxyl groups excluding tert-OH is 4. The summed E-state index contributed by atoms with van der Waals surface area (Å²) in [6.45, 7) is 4.07. The molecule has 256 valence electrons. The second-order valence-electron chi connectivity index (χ2n) is 13.5. The van der Waals surface area contributed by atoms with Crippen molar-refractivity contribution in [2.45, 2.75) is 204 Å². The number of allylic oxidation sites excluding steroid dienone is 1. The van der Waals surface area contributed by atoms with Crippen LogP contribution in [0.15, 0.2) is 23.8 Å². The summed E-state index contributed by atoms with van der Waals surface area (Å²) < 4.78 is 11.1. The van der Waals surface area contributed by atoms with E-state index >= 15 is 0 Å². The highest BCUT2D eigenvalue weighted by Gasteiger charge is 2.33. The Morgan fingerprint density at radius 3 is 1.91 bits per heavy atom. The molecule has 0 saturated carbocycles. The molecule has 1 saturated heterocycles. The lowest BCUT2D eigenvalue weighted by molar-refractivity contribution is -0.139. The Morgan fingerprint density at radius 1 is 0.727 bits per heavy atom. The number of carbonyl (C=O) groups excluding carboxylic acids is 1. The predicted molar refractivity (Wildman–Crippen MR) is 177 cm³/mol. The van der Waals surface area contributed by atoms with Gasteiger partial charge in [0.05, 0.1) is 36.6 Å². The molecule has 2 rings (SSSR count). The summed E-state index contributed by atoms with van der Waals surface area (Å²) in [5.41, 5.74) is 0.574. The lowest BCUT2D eigenvalue weighted by atomic mass is 9.99. The van der Waals surface area contributed by atoms with Crippen LogP contribution in [0.25, 0.3) is 0 Å². The summed E-state index contributed by atoms with van der Waals surface area (Å²) >= 11 is 0. The van der Waals surface area contributed by atoms with Crippen molar-refractivity contribution in [1.82, 2.24) is 0 Å². The fourth-order valence-corrected chi connectivity index (χ4v) is 6.47. The van der Waals surface area contributed by atoms with Crippen LogP contribution < -0.4 is 0 Å². The van der Waals surface area contributed by atoms with Crippen LogP contribution in [0.2, 0.25) is 0 Å². The van der Waals surface area contributed by atoms with Gasteiger partial charge >= 0.3 is 5.97 Å². The summed E-state index contributed by atoms with van der Waals surface area (Å²) in [4.78, 5) is 11.7. The van der Waals surface area contributed by atoms with Gasteiger partial charge < -0.3 is 29.9 Å². The topological polar surface area (TPSA) is 116 Å². The first-order chi connectivity index (χ1) is 21.3. The molecule has 1 fully saturated rings. The molecule has 0 aromatic carbocycles. The van der Waals surface area contributed by atoms with Crippen molar-refractivity contribution >= 4 is 5.97 Å². The van der Waals surface area contributed by atoms with E-state index in [4.69, 9.17) is 9.47 Å². The molecule has 2 heterocycles. The number of hydrogen-bond donors (Lipinski definition) is 4. The molecule has 0 aliphatic carbocycles. The van der Waals surface area contributed by atoms with Gasteiger partial charge in [-0.1, -0.05) is 103 Å². The SMILES string of the molecule is CCCCCCCCCCCC=CCC(O)C1CCC(C(O)CCCCC(O)CCCCCC(O)CC2=CC(C)OC2=O)O1. The van der Waals surface area contributed by atoms with Gasteiger partial charge in [0.15, 0.2) is 0 Å². The third-order valence-electron chi connectivity index (χ3n) is 9.27. The number of hydrogen-bond acceptors (Lipinski definition) is 7. The van der Waals surface area contributed by atoms with E-state index in [0.717, 1.165) is 64.2 Å². The molecule has 7 unspecified atom stereocenters. The first kappa shape index (κ1) is 38.9. The quantitative estimate of drug-likeness (QED) is 0.0423. The number of carbonyl (C=O) groups is 1. The largest absolute Gasteiger partial charge is 0.455 e. The van der Waals surface area contributed by atoms with Gasteiger partial charge in [-0.2, -0.15) is 0 Å². The first-order valence-corrected chi connectivity index (χ1v) is 18.2. The van der Waals surface area contributed by atoms with Gasteiger partial charge in [-0.05, 0) is 70.8 Å². The van der Waals surface area contributed by atoms with E-state index in [0.29, 0.717) is 31.3 Å². The maximum absolute atomic E-state index is 11.7. The highest BCUT2D eigenvalue weighted by atomic mass is 16.5. The molecular weight excluding hydrogens is 556 g/mol. The van der Waals surface area contributed by atoms with Gasteiger partial charge in [-0.25, -0.2) is 4.79 Å². The van der Waals surface area contributed by atoms with Crippen molar-refractivity contribution in [1.29, 1.82) is 0 Å². The van der Waals surface area contributed by atoms with Crippen LogP contribution in [0.5, 0.6) is 0 Å². The minimum absolute atomic E-state index is 0.199. The van der Waals surface area contributed by atoms with Crippen LogP contribution in [0, 0.1) is 0 Å². The number of esters is 1. The molecule has 7 heteroatoms. The second-order valence-corrected chi connectivity index (χ2v) is 13.5. The second kappa shape index (κ2) is 24.0. The molecule has 0 amide bonds. The van der Waals surface area contributed by atoms with Gasteiger partial charge in [0.2, 0.25) is 0 Å². The number of cyclic esters (lactones) is 1. The number of aliphatic hydroxyl groups is 4. The van der Waals surface area contributed by atoms with Gasteiger partial charge in [-0.3, -0.25) is 0 Å². The lowest BCUT2D eigenvalue weighted by Crippen LogP contribution is -2.30. The first-order valence-electron chi connectivity index (χ1n) is 18.2. The number of unbranched alkanes of at least 4 members (excludes halogenated alkanes) is 12. The van der Waals surface area contributed by atoms with Crippen LogP contribution in [0.1, 0.15) is 162 Å². The minimum atomic E-state index is -0.533. The molecule has 0 radical (unpaired) electrons. The summed E-state index contributed by atoms with van der Waals surface area (Å²) in [5, 5.41) is 41.7. The molecule has 2 aliphatic heterocycles. The van der Waals surface area contributed by atoms with Crippen molar-refractivity contribution in [3.8, 4) is 0 Å². The van der Waals surface area contributed by atoms with Crippen LogP contribution in [0.3, 0.4) is 0 Å². The molecule has 7 atom stereocenters. The van der Waals surface area contributed by atoms with E-state index in [1.54, 1.807) is 6.08 Å². The Hall–Kier alpha value is -1.25. The normalized spacial score (nSPS) is 23.2. The third-order valence-corrected chi connectivity index (χ3v) is 9.27. The summed E-state index contributed by atoms with van der Waals surface area (Å²) in [6, 6.07) is 0. The Kier molecular flexibility index (Phi) is 21.2. The Labute approximate surface area is 268 Å². The highest BCUT2D eigenvalue weighted by Crippen LogP contribution is 2.28. The van der Waals surface area contributed by atoms with E-state index in [2.05, 4.69) is 19.1 Å². The van der Waals surface area contributed by atoms with Gasteiger partial charge in [0.1, 0.15) is 6.10 Å². The minimum Gasteiger partial charge on any atom is -0.455 e. The monoisotopic (exact) mass is 622 g/mol. The Bertz CT molecular complexity index is 797. The van der Waals surface area contributed by atoms with E-state index in [-0.39, 0.29) is 30.4 Å². The molecule has 2 aliphatic rings. The van der Waals surface area contributed by atoms with Crippen LogP contribution in [-0.4, -0.2) is 69.1 Å². The maximum atomic E-state index is 11.7.